The molecule has 0 aliphatic carbocycles. The van der Waals surface area contributed by atoms with Gasteiger partial charge in [0.2, 0.25) is 0 Å². The van der Waals surface area contributed by atoms with Crippen LogP contribution in [0.5, 0.6) is 0 Å². The lowest BCUT2D eigenvalue weighted by molar-refractivity contribution is -0.384. The van der Waals surface area contributed by atoms with Crippen LogP contribution in [0.25, 0.3) is 11.0 Å². The zero-order valence-corrected chi connectivity index (χ0v) is 13.4. The number of nitro benzene ring substituents is 1. The number of nitro groups is 1. The SMILES string of the molecule is O=C(NCCCc1nc2ccccc2[nH]1)Nc1ccc([N+](=O)[O-])cc1. The smallest absolute Gasteiger partial charge is 0.319 e. The van der Waals surface area contributed by atoms with E-state index >= 15 is 0 Å². The molecule has 2 aromatic carbocycles. The van der Waals surface area contributed by atoms with Crippen molar-refractivity contribution in [3.8, 4) is 0 Å². The second-order valence-electron chi connectivity index (χ2n) is 5.49. The lowest BCUT2D eigenvalue weighted by Gasteiger charge is -2.07. The Labute approximate surface area is 143 Å². The van der Waals surface area contributed by atoms with Crippen LogP contribution in [-0.4, -0.2) is 27.5 Å². The Morgan fingerprint density at radius 1 is 1.16 bits per heavy atom. The number of non-ortho nitro benzene ring substituents is 1. The first-order valence-corrected chi connectivity index (χ1v) is 7.85. The molecule has 0 bridgehead atoms. The molecular weight excluding hydrogens is 322 g/mol. The van der Waals surface area contributed by atoms with Crippen LogP contribution in [0.1, 0.15) is 12.2 Å². The number of hydrogen-bond acceptors (Lipinski definition) is 4. The molecule has 0 radical (unpaired) electrons. The summed E-state index contributed by atoms with van der Waals surface area (Å²) in [6.45, 7) is 0.496. The molecule has 1 heterocycles. The number of benzene rings is 2. The minimum Gasteiger partial charge on any atom is -0.342 e. The van der Waals surface area contributed by atoms with Gasteiger partial charge in [0.15, 0.2) is 0 Å². The number of hydrogen-bond donors (Lipinski definition) is 3. The average molecular weight is 339 g/mol. The Bertz CT molecular complexity index is 856. The summed E-state index contributed by atoms with van der Waals surface area (Å²) in [5.74, 6) is 0.888. The zero-order chi connectivity index (χ0) is 17.6. The Balaban J connectivity index is 1.42. The van der Waals surface area contributed by atoms with Crippen LogP contribution in [0.15, 0.2) is 48.5 Å². The largest absolute Gasteiger partial charge is 0.342 e. The van der Waals surface area contributed by atoms with Gasteiger partial charge >= 0.3 is 6.03 Å². The molecule has 0 saturated carbocycles. The van der Waals surface area contributed by atoms with E-state index in [4.69, 9.17) is 0 Å². The van der Waals surface area contributed by atoms with Crippen LogP contribution in [0.4, 0.5) is 16.2 Å². The predicted octanol–water partition coefficient (Wildman–Crippen LogP) is 3.23. The Morgan fingerprint density at radius 3 is 2.64 bits per heavy atom. The molecule has 0 atom stereocenters. The molecule has 0 aliphatic heterocycles. The number of para-hydroxylation sites is 2. The normalized spacial score (nSPS) is 10.6. The first-order chi connectivity index (χ1) is 12.1. The molecule has 1 aromatic heterocycles. The van der Waals surface area contributed by atoms with Crippen LogP contribution < -0.4 is 10.6 Å². The lowest BCUT2D eigenvalue weighted by Crippen LogP contribution is -2.29. The van der Waals surface area contributed by atoms with E-state index in [1.165, 1.54) is 24.3 Å². The van der Waals surface area contributed by atoms with Crippen LogP contribution in [0, 0.1) is 10.1 Å². The van der Waals surface area contributed by atoms with Gasteiger partial charge in [-0.25, -0.2) is 9.78 Å². The molecule has 0 fully saturated rings. The molecule has 3 N–H and O–H groups in total. The van der Waals surface area contributed by atoms with Crippen molar-refractivity contribution in [3.63, 3.8) is 0 Å². The summed E-state index contributed by atoms with van der Waals surface area (Å²) in [7, 11) is 0. The number of nitrogens with zero attached hydrogens (tertiary/aromatic N) is 2. The molecule has 0 spiro atoms. The fraction of sp³-hybridized carbons (Fsp3) is 0.176. The Kier molecular flexibility index (Phi) is 4.89. The Hall–Kier alpha value is -3.42. The quantitative estimate of drug-likeness (QED) is 0.363. The Morgan fingerprint density at radius 2 is 1.92 bits per heavy atom. The third kappa shape index (κ3) is 4.31. The number of carbonyl (C=O) groups excluding carboxylic acids is 1. The third-order valence-electron chi connectivity index (χ3n) is 3.65. The van der Waals surface area contributed by atoms with Crippen molar-refractivity contribution in [1.29, 1.82) is 0 Å². The summed E-state index contributed by atoms with van der Waals surface area (Å²) >= 11 is 0. The lowest BCUT2D eigenvalue weighted by atomic mass is 10.3. The fourth-order valence-corrected chi connectivity index (χ4v) is 2.42. The first-order valence-electron chi connectivity index (χ1n) is 7.85. The molecule has 25 heavy (non-hydrogen) atoms. The zero-order valence-electron chi connectivity index (χ0n) is 13.4. The maximum absolute atomic E-state index is 11.8. The topological polar surface area (TPSA) is 113 Å². The van der Waals surface area contributed by atoms with Gasteiger partial charge in [0.1, 0.15) is 5.82 Å². The van der Waals surface area contributed by atoms with Crippen LogP contribution in [0.2, 0.25) is 0 Å². The molecule has 3 rings (SSSR count). The fourth-order valence-electron chi connectivity index (χ4n) is 2.42. The van der Waals surface area contributed by atoms with E-state index in [1.807, 2.05) is 24.3 Å². The third-order valence-corrected chi connectivity index (χ3v) is 3.65. The van der Waals surface area contributed by atoms with Gasteiger partial charge in [-0.1, -0.05) is 12.1 Å². The van der Waals surface area contributed by atoms with Gasteiger partial charge in [0.05, 0.1) is 16.0 Å². The molecule has 8 heteroatoms. The summed E-state index contributed by atoms with van der Waals surface area (Å²) in [5, 5.41) is 16.0. The molecule has 128 valence electrons. The number of H-pyrrole nitrogens is 1. The van der Waals surface area contributed by atoms with E-state index in [2.05, 4.69) is 20.6 Å². The summed E-state index contributed by atoms with van der Waals surface area (Å²) in [6, 6.07) is 13.1. The number of urea groups is 1. The second kappa shape index (κ2) is 7.43. The molecule has 2 amide bonds. The summed E-state index contributed by atoms with van der Waals surface area (Å²) in [6.07, 6.45) is 1.47. The number of rotatable bonds is 6. The van der Waals surface area contributed by atoms with Gasteiger partial charge in [0, 0.05) is 30.8 Å². The van der Waals surface area contributed by atoms with Crippen molar-refractivity contribution in [1.82, 2.24) is 15.3 Å². The predicted molar refractivity (Wildman–Crippen MR) is 94.5 cm³/mol. The highest BCUT2D eigenvalue weighted by Crippen LogP contribution is 2.15. The van der Waals surface area contributed by atoms with Gasteiger partial charge in [-0.15, -0.1) is 0 Å². The number of aryl methyl sites for hydroxylation is 1. The van der Waals surface area contributed by atoms with Gasteiger partial charge in [-0.05, 0) is 30.7 Å². The summed E-state index contributed by atoms with van der Waals surface area (Å²) in [5.41, 5.74) is 2.42. The maximum Gasteiger partial charge on any atom is 0.319 e. The van der Waals surface area contributed by atoms with E-state index in [1.54, 1.807) is 0 Å². The number of amides is 2. The molecule has 0 unspecified atom stereocenters. The number of carbonyl (C=O) groups is 1. The summed E-state index contributed by atoms with van der Waals surface area (Å²) < 4.78 is 0. The van der Waals surface area contributed by atoms with E-state index in [0.717, 1.165) is 29.7 Å². The minimum atomic E-state index is -0.484. The van der Waals surface area contributed by atoms with Crippen LogP contribution in [-0.2, 0) is 6.42 Å². The highest BCUT2D eigenvalue weighted by atomic mass is 16.6. The van der Waals surface area contributed by atoms with Crippen molar-refractivity contribution in [2.75, 3.05) is 11.9 Å². The highest BCUT2D eigenvalue weighted by molar-refractivity contribution is 5.89. The number of aromatic amines is 1. The van der Waals surface area contributed by atoms with E-state index in [-0.39, 0.29) is 11.7 Å². The number of nitrogens with one attached hydrogen (secondary N) is 3. The average Bonchev–Trinajstić information content (AvgIpc) is 3.02. The van der Waals surface area contributed by atoms with E-state index in [9.17, 15) is 14.9 Å². The van der Waals surface area contributed by atoms with Gasteiger partial charge < -0.3 is 15.6 Å². The molecular formula is C17H17N5O3. The highest BCUT2D eigenvalue weighted by Gasteiger charge is 2.06. The van der Waals surface area contributed by atoms with Gasteiger partial charge in [-0.3, -0.25) is 10.1 Å². The van der Waals surface area contributed by atoms with Crippen molar-refractivity contribution in [2.24, 2.45) is 0 Å². The number of aromatic nitrogens is 2. The number of imidazole rings is 1. The van der Waals surface area contributed by atoms with Crippen LogP contribution >= 0.6 is 0 Å². The molecule has 8 nitrogen and oxygen atoms in total. The standard InChI is InChI=1S/C17H17N5O3/c23-17(19-12-7-9-13(10-8-12)22(24)25)18-11-3-6-16-20-14-4-1-2-5-15(14)21-16/h1-2,4-5,7-10H,3,6,11H2,(H,20,21)(H2,18,19,23). The first kappa shape index (κ1) is 16.4. The minimum absolute atomic E-state index is 0.0169. The maximum atomic E-state index is 11.8. The van der Waals surface area contributed by atoms with E-state index < -0.39 is 4.92 Å². The molecule has 0 saturated heterocycles. The molecule has 0 aliphatic rings. The number of fused-ring (bicyclic) bond motifs is 1. The van der Waals surface area contributed by atoms with Gasteiger partial charge in [-0.2, -0.15) is 0 Å². The second-order valence-corrected chi connectivity index (χ2v) is 5.49. The van der Waals surface area contributed by atoms with E-state index in [0.29, 0.717) is 12.2 Å². The van der Waals surface area contributed by atoms with Crippen LogP contribution in [0.3, 0.4) is 0 Å². The van der Waals surface area contributed by atoms with Crippen molar-refractivity contribution >= 4 is 28.4 Å². The van der Waals surface area contributed by atoms with Gasteiger partial charge in [0.25, 0.3) is 5.69 Å². The number of anilines is 1. The monoisotopic (exact) mass is 339 g/mol. The van der Waals surface area contributed by atoms with Crippen molar-refractivity contribution in [2.45, 2.75) is 12.8 Å². The molecule has 3 aromatic rings. The summed E-state index contributed by atoms with van der Waals surface area (Å²) in [4.78, 5) is 29.6. The van der Waals surface area contributed by atoms with Crippen molar-refractivity contribution in [3.05, 3.63) is 64.5 Å². The van der Waals surface area contributed by atoms with Crippen molar-refractivity contribution < 1.29 is 9.72 Å².